The highest BCUT2D eigenvalue weighted by atomic mass is 32.2. The van der Waals surface area contributed by atoms with Crippen molar-refractivity contribution in [1.82, 2.24) is 5.32 Å². The summed E-state index contributed by atoms with van der Waals surface area (Å²) in [7, 11) is 2.05. The predicted molar refractivity (Wildman–Crippen MR) is 75.3 cm³/mol. The third kappa shape index (κ3) is 3.84. The van der Waals surface area contributed by atoms with Gasteiger partial charge in [-0.05, 0) is 37.3 Å². The minimum absolute atomic E-state index is 0.465. The zero-order valence-corrected chi connectivity index (χ0v) is 11.8. The first-order valence-corrected chi connectivity index (χ1v) is 6.95. The number of benzene rings is 1. The van der Waals surface area contributed by atoms with Gasteiger partial charge in [-0.1, -0.05) is 37.6 Å². The van der Waals surface area contributed by atoms with Crippen molar-refractivity contribution in [3.05, 3.63) is 34.9 Å². The summed E-state index contributed by atoms with van der Waals surface area (Å²) in [6.07, 6.45) is 0. The number of hydrogen-bond donors (Lipinski definition) is 1. The Hall–Kier alpha value is -0.470. The molecule has 1 nitrogen and oxygen atoms in total. The second-order valence-corrected chi connectivity index (χ2v) is 6.19. The molecule has 0 amide bonds. The molecule has 0 bridgehead atoms. The highest BCUT2D eigenvalue weighted by Gasteiger charge is 2.12. The van der Waals surface area contributed by atoms with Crippen LogP contribution in [0.4, 0.5) is 0 Å². The molecule has 1 N–H and O–H groups in total. The average molecular weight is 237 g/mol. The number of hydrogen-bond acceptors (Lipinski definition) is 2. The maximum absolute atomic E-state index is 3.42. The lowest BCUT2D eigenvalue weighted by atomic mass is 10.0. The van der Waals surface area contributed by atoms with E-state index in [9.17, 15) is 0 Å². The number of nitrogens with one attached hydrogen (secondary N) is 1. The van der Waals surface area contributed by atoms with Crippen LogP contribution in [0.25, 0.3) is 0 Å². The van der Waals surface area contributed by atoms with Gasteiger partial charge in [-0.3, -0.25) is 0 Å². The monoisotopic (exact) mass is 237 g/mol. The lowest BCUT2D eigenvalue weighted by Gasteiger charge is -2.20. The van der Waals surface area contributed by atoms with Crippen LogP contribution < -0.4 is 5.32 Å². The lowest BCUT2D eigenvalue weighted by molar-refractivity contribution is 0.656. The quantitative estimate of drug-likeness (QED) is 0.838. The summed E-state index contributed by atoms with van der Waals surface area (Å²) in [6.45, 7) is 8.85. The van der Waals surface area contributed by atoms with Crippen molar-refractivity contribution in [2.45, 2.75) is 39.0 Å². The van der Waals surface area contributed by atoms with Crippen molar-refractivity contribution >= 4 is 11.8 Å². The maximum atomic E-state index is 3.42. The van der Waals surface area contributed by atoms with Gasteiger partial charge in [-0.25, -0.2) is 0 Å². The van der Waals surface area contributed by atoms with E-state index in [-0.39, 0.29) is 0 Å². The SMILES string of the molecule is CNC(CSC(C)C)c1cc(C)ccc1C. The van der Waals surface area contributed by atoms with Gasteiger partial charge in [0.15, 0.2) is 0 Å². The molecule has 0 saturated heterocycles. The number of thioether (sulfide) groups is 1. The van der Waals surface area contributed by atoms with E-state index in [0.717, 1.165) is 5.75 Å². The average Bonchev–Trinajstić information content (AvgIpc) is 2.23. The third-order valence-electron chi connectivity index (χ3n) is 2.75. The van der Waals surface area contributed by atoms with E-state index in [1.165, 1.54) is 16.7 Å². The molecule has 0 aromatic heterocycles. The predicted octanol–water partition coefficient (Wildman–Crippen LogP) is 3.71. The van der Waals surface area contributed by atoms with Crippen LogP contribution in [-0.2, 0) is 0 Å². The first-order valence-electron chi connectivity index (χ1n) is 5.90. The van der Waals surface area contributed by atoms with Gasteiger partial charge in [-0.15, -0.1) is 0 Å². The van der Waals surface area contributed by atoms with Gasteiger partial charge >= 0.3 is 0 Å². The van der Waals surface area contributed by atoms with Crippen molar-refractivity contribution in [2.24, 2.45) is 0 Å². The highest BCUT2D eigenvalue weighted by molar-refractivity contribution is 7.99. The van der Waals surface area contributed by atoms with Gasteiger partial charge in [0.25, 0.3) is 0 Å². The van der Waals surface area contributed by atoms with Gasteiger partial charge in [-0.2, -0.15) is 11.8 Å². The Bertz CT molecular complexity index is 334. The zero-order valence-electron chi connectivity index (χ0n) is 11.0. The normalized spacial score (nSPS) is 13.1. The Morgan fingerprint density at radius 2 is 1.94 bits per heavy atom. The van der Waals surface area contributed by atoms with Gasteiger partial charge < -0.3 is 5.32 Å². The van der Waals surface area contributed by atoms with Gasteiger partial charge in [0.1, 0.15) is 0 Å². The zero-order chi connectivity index (χ0) is 12.1. The van der Waals surface area contributed by atoms with E-state index in [0.29, 0.717) is 11.3 Å². The topological polar surface area (TPSA) is 12.0 Å². The molecule has 1 rings (SSSR count). The molecule has 0 aliphatic rings. The summed E-state index contributed by atoms with van der Waals surface area (Å²) >= 11 is 2.01. The van der Waals surface area contributed by atoms with Crippen LogP contribution in [0.5, 0.6) is 0 Å². The van der Waals surface area contributed by atoms with Gasteiger partial charge in [0, 0.05) is 11.8 Å². The van der Waals surface area contributed by atoms with Gasteiger partial charge in [0.05, 0.1) is 0 Å². The fourth-order valence-corrected chi connectivity index (χ4v) is 2.68. The second-order valence-electron chi connectivity index (χ2n) is 4.58. The van der Waals surface area contributed by atoms with Crippen molar-refractivity contribution in [3.63, 3.8) is 0 Å². The highest BCUT2D eigenvalue weighted by Crippen LogP contribution is 2.24. The summed E-state index contributed by atoms with van der Waals surface area (Å²) < 4.78 is 0. The lowest BCUT2D eigenvalue weighted by Crippen LogP contribution is -2.20. The Labute approximate surface area is 104 Å². The molecule has 0 fully saturated rings. The van der Waals surface area contributed by atoms with E-state index in [1.807, 2.05) is 18.8 Å². The molecule has 1 unspecified atom stereocenters. The van der Waals surface area contributed by atoms with Crippen molar-refractivity contribution in [1.29, 1.82) is 0 Å². The number of rotatable bonds is 5. The molecule has 0 spiro atoms. The van der Waals surface area contributed by atoms with E-state index in [4.69, 9.17) is 0 Å². The summed E-state index contributed by atoms with van der Waals surface area (Å²) in [5, 5.41) is 4.12. The molecular formula is C14H23NS. The minimum atomic E-state index is 0.465. The summed E-state index contributed by atoms with van der Waals surface area (Å²) in [5.41, 5.74) is 4.17. The van der Waals surface area contributed by atoms with Crippen LogP contribution in [0.2, 0.25) is 0 Å². The Kier molecular flexibility index (Phi) is 5.36. The first kappa shape index (κ1) is 13.6. The summed E-state index contributed by atoms with van der Waals surface area (Å²) in [6, 6.07) is 7.17. The molecule has 1 aromatic rings. The summed E-state index contributed by atoms with van der Waals surface area (Å²) in [4.78, 5) is 0. The fraction of sp³-hybridized carbons (Fsp3) is 0.571. The van der Waals surface area contributed by atoms with Crippen LogP contribution in [0.15, 0.2) is 18.2 Å². The molecular weight excluding hydrogens is 214 g/mol. The standard InChI is InChI=1S/C14H23NS/c1-10(2)16-9-14(15-5)13-8-11(3)6-7-12(13)4/h6-8,10,14-15H,9H2,1-5H3. The van der Waals surface area contributed by atoms with E-state index < -0.39 is 0 Å². The largest absolute Gasteiger partial charge is 0.312 e. The van der Waals surface area contributed by atoms with Crippen LogP contribution in [0, 0.1) is 13.8 Å². The van der Waals surface area contributed by atoms with E-state index in [1.54, 1.807) is 0 Å². The van der Waals surface area contributed by atoms with E-state index >= 15 is 0 Å². The molecule has 1 aromatic carbocycles. The molecule has 16 heavy (non-hydrogen) atoms. The van der Waals surface area contributed by atoms with Crippen molar-refractivity contribution in [2.75, 3.05) is 12.8 Å². The summed E-state index contributed by atoms with van der Waals surface area (Å²) in [5.74, 6) is 1.14. The maximum Gasteiger partial charge on any atom is 0.0412 e. The van der Waals surface area contributed by atoms with Crippen LogP contribution >= 0.6 is 11.8 Å². The second kappa shape index (κ2) is 6.31. The molecule has 1 atom stereocenters. The van der Waals surface area contributed by atoms with Crippen LogP contribution in [0.3, 0.4) is 0 Å². The Morgan fingerprint density at radius 1 is 1.25 bits per heavy atom. The molecule has 0 aliphatic carbocycles. The van der Waals surface area contributed by atoms with Crippen LogP contribution in [0.1, 0.15) is 36.6 Å². The van der Waals surface area contributed by atoms with E-state index in [2.05, 4.69) is 51.2 Å². The molecule has 0 radical (unpaired) electrons. The molecule has 0 heterocycles. The third-order valence-corrected chi connectivity index (χ3v) is 3.95. The smallest absolute Gasteiger partial charge is 0.0412 e. The number of aryl methyl sites for hydroxylation is 2. The van der Waals surface area contributed by atoms with Gasteiger partial charge in [0.2, 0.25) is 0 Å². The van der Waals surface area contributed by atoms with Crippen molar-refractivity contribution < 1.29 is 0 Å². The Morgan fingerprint density at radius 3 is 2.50 bits per heavy atom. The first-order chi connectivity index (χ1) is 7.54. The molecule has 2 heteroatoms. The molecule has 90 valence electrons. The fourth-order valence-electron chi connectivity index (χ4n) is 1.75. The molecule has 0 aliphatic heterocycles. The van der Waals surface area contributed by atoms with Crippen molar-refractivity contribution in [3.8, 4) is 0 Å². The molecule has 0 saturated carbocycles. The Balaban J connectivity index is 2.81. The van der Waals surface area contributed by atoms with Crippen LogP contribution in [-0.4, -0.2) is 18.1 Å². The minimum Gasteiger partial charge on any atom is -0.312 e.